The summed E-state index contributed by atoms with van der Waals surface area (Å²) in [6, 6.07) is 4.21. The first-order chi connectivity index (χ1) is 9.97. The summed E-state index contributed by atoms with van der Waals surface area (Å²) in [5.41, 5.74) is 0. The van der Waals surface area contributed by atoms with Crippen LogP contribution < -0.4 is 4.72 Å². The molecule has 0 saturated heterocycles. The smallest absolute Gasteiger partial charge is 0.241 e. The van der Waals surface area contributed by atoms with E-state index in [2.05, 4.69) is 14.9 Å². The molecule has 1 aromatic heterocycles. The summed E-state index contributed by atoms with van der Waals surface area (Å²) in [5, 5.41) is 8.12. The van der Waals surface area contributed by atoms with Crippen molar-refractivity contribution in [3.63, 3.8) is 0 Å². The highest BCUT2D eigenvalue weighted by Gasteiger charge is 2.25. The highest BCUT2D eigenvalue weighted by atomic mass is 32.2. The molecular formula is C13H15FN4O2S. The Bertz CT molecular complexity index is 755. The van der Waals surface area contributed by atoms with Crippen LogP contribution in [0.15, 0.2) is 29.2 Å². The minimum Gasteiger partial charge on any atom is -0.314 e. The van der Waals surface area contributed by atoms with Crippen LogP contribution in [0.3, 0.4) is 0 Å². The molecule has 1 unspecified atom stereocenters. The third-order valence-electron chi connectivity index (χ3n) is 3.48. The molecule has 2 heterocycles. The van der Waals surface area contributed by atoms with Crippen molar-refractivity contribution < 1.29 is 12.8 Å². The molecule has 0 radical (unpaired) electrons. The Morgan fingerprint density at radius 3 is 2.71 bits per heavy atom. The van der Waals surface area contributed by atoms with Gasteiger partial charge in [0.05, 0.1) is 10.9 Å². The zero-order valence-electron chi connectivity index (χ0n) is 11.5. The molecule has 1 atom stereocenters. The fourth-order valence-corrected chi connectivity index (χ4v) is 3.66. The van der Waals surface area contributed by atoms with Crippen LogP contribution in [0.25, 0.3) is 0 Å². The van der Waals surface area contributed by atoms with Gasteiger partial charge < -0.3 is 4.57 Å². The zero-order valence-corrected chi connectivity index (χ0v) is 12.3. The molecule has 0 spiro atoms. The lowest BCUT2D eigenvalue weighted by atomic mass is 10.3. The Morgan fingerprint density at radius 2 is 2.00 bits per heavy atom. The molecule has 0 bridgehead atoms. The fourth-order valence-electron chi connectivity index (χ4n) is 2.46. The lowest BCUT2D eigenvalue weighted by molar-refractivity contribution is 0.546. The molecule has 112 valence electrons. The first-order valence-corrected chi connectivity index (χ1v) is 8.15. The van der Waals surface area contributed by atoms with Crippen molar-refractivity contribution in [1.29, 1.82) is 0 Å². The number of benzene rings is 1. The largest absolute Gasteiger partial charge is 0.314 e. The van der Waals surface area contributed by atoms with E-state index in [1.807, 2.05) is 4.57 Å². The molecule has 0 aliphatic carbocycles. The third kappa shape index (κ3) is 2.68. The summed E-state index contributed by atoms with van der Waals surface area (Å²) in [7, 11) is -3.72. The topological polar surface area (TPSA) is 76.9 Å². The van der Waals surface area contributed by atoms with Crippen LogP contribution in [0.4, 0.5) is 4.39 Å². The van der Waals surface area contributed by atoms with Gasteiger partial charge in [-0.3, -0.25) is 0 Å². The standard InChI is InChI=1S/C13H15FN4O2S/c1-9(13-16-15-12-3-2-8-18(12)13)17-21(19,20)11-6-4-10(14)5-7-11/h4-7,9,17H,2-3,8H2,1H3. The minimum absolute atomic E-state index is 0.0249. The Kier molecular flexibility index (Phi) is 3.50. The summed E-state index contributed by atoms with van der Waals surface area (Å²) in [5.74, 6) is 1.02. The number of rotatable bonds is 4. The Hall–Kier alpha value is -1.80. The van der Waals surface area contributed by atoms with Crippen LogP contribution in [-0.4, -0.2) is 23.2 Å². The van der Waals surface area contributed by atoms with Crippen molar-refractivity contribution in [1.82, 2.24) is 19.5 Å². The molecule has 0 amide bonds. The average Bonchev–Trinajstić information content (AvgIpc) is 3.00. The van der Waals surface area contributed by atoms with Crippen LogP contribution in [0.1, 0.15) is 31.0 Å². The first-order valence-electron chi connectivity index (χ1n) is 6.67. The van der Waals surface area contributed by atoms with Crippen molar-refractivity contribution in [3.8, 4) is 0 Å². The van der Waals surface area contributed by atoms with Gasteiger partial charge in [0.25, 0.3) is 0 Å². The van der Waals surface area contributed by atoms with E-state index >= 15 is 0 Å². The van der Waals surface area contributed by atoms with E-state index in [0.29, 0.717) is 5.82 Å². The van der Waals surface area contributed by atoms with Crippen LogP contribution >= 0.6 is 0 Å². The average molecular weight is 310 g/mol. The predicted molar refractivity (Wildman–Crippen MR) is 73.5 cm³/mol. The molecule has 2 aromatic rings. The summed E-state index contributed by atoms with van der Waals surface area (Å²) in [6.07, 6.45) is 1.86. The lowest BCUT2D eigenvalue weighted by Crippen LogP contribution is -2.28. The number of nitrogens with one attached hydrogen (secondary N) is 1. The fraction of sp³-hybridized carbons (Fsp3) is 0.385. The van der Waals surface area contributed by atoms with Gasteiger partial charge in [0.1, 0.15) is 11.6 Å². The van der Waals surface area contributed by atoms with Gasteiger partial charge in [-0.15, -0.1) is 10.2 Å². The van der Waals surface area contributed by atoms with E-state index in [1.165, 1.54) is 12.1 Å². The minimum atomic E-state index is -3.72. The second-order valence-electron chi connectivity index (χ2n) is 5.03. The maximum absolute atomic E-state index is 12.9. The van der Waals surface area contributed by atoms with Gasteiger partial charge in [-0.25, -0.2) is 17.5 Å². The van der Waals surface area contributed by atoms with E-state index < -0.39 is 21.9 Å². The summed E-state index contributed by atoms with van der Waals surface area (Å²) in [6.45, 7) is 2.52. The molecule has 1 aliphatic rings. The van der Waals surface area contributed by atoms with E-state index in [9.17, 15) is 12.8 Å². The number of aryl methyl sites for hydroxylation is 1. The second-order valence-corrected chi connectivity index (χ2v) is 6.74. The Balaban J connectivity index is 1.83. The van der Waals surface area contributed by atoms with Crippen molar-refractivity contribution in [2.75, 3.05) is 0 Å². The van der Waals surface area contributed by atoms with E-state index in [4.69, 9.17) is 0 Å². The SMILES string of the molecule is CC(NS(=O)(=O)c1ccc(F)cc1)c1nnc2n1CCC2. The van der Waals surface area contributed by atoms with Gasteiger partial charge in [0.15, 0.2) is 5.82 Å². The van der Waals surface area contributed by atoms with Crippen molar-refractivity contribution in [3.05, 3.63) is 41.7 Å². The number of fused-ring (bicyclic) bond motifs is 1. The second kappa shape index (κ2) is 5.19. The molecule has 8 heteroatoms. The van der Waals surface area contributed by atoms with E-state index in [0.717, 1.165) is 37.3 Å². The molecule has 6 nitrogen and oxygen atoms in total. The van der Waals surface area contributed by atoms with Crippen molar-refractivity contribution in [2.45, 2.75) is 37.2 Å². The number of halogens is 1. The van der Waals surface area contributed by atoms with E-state index in [1.54, 1.807) is 6.92 Å². The van der Waals surface area contributed by atoms with Gasteiger partial charge in [0, 0.05) is 13.0 Å². The maximum Gasteiger partial charge on any atom is 0.241 e. The van der Waals surface area contributed by atoms with Gasteiger partial charge in [-0.2, -0.15) is 0 Å². The van der Waals surface area contributed by atoms with Gasteiger partial charge in [-0.1, -0.05) is 0 Å². The van der Waals surface area contributed by atoms with Crippen LogP contribution in [0.2, 0.25) is 0 Å². The molecule has 21 heavy (non-hydrogen) atoms. The number of nitrogens with zero attached hydrogens (tertiary/aromatic N) is 3. The quantitative estimate of drug-likeness (QED) is 0.926. The Morgan fingerprint density at radius 1 is 1.29 bits per heavy atom. The van der Waals surface area contributed by atoms with Crippen LogP contribution in [0.5, 0.6) is 0 Å². The highest BCUT2D eigenvalue weighted by Crippen LogP contribution is 2.21. The molecule has 0 saturated carbocycles. The molecule has 3 rings (SSSR count). The highest BCUT2D eigenvalue weighted by molar-refractivity contribution is 7.89. The lowest BCUT2D eigenvalue weighted by Gasteiger charge is -2.14. The molecular weight excluding hydrogens is 295 g/mol. The third-order valence-corrected chi connectivity index (χ3v) is 5.04. The number of hydrogen-bond donors (Lipinski definition) is 1. The van der Waals surface area contributed by atoms with E-state index in [-0.39, 0.29) is 4.90 Å². The van der Waals surface area contributed by atoms with Gasteiger partial charge >= 0.3 is 0 Å². The molecule has 0 fully saturated rings. The number of sulfonamides is 1. The number of hydrogen-bond acceptors (Lipinski definition) is 4. The summed E-state index contributed by atoms with van der Waals surface area (Å²) in [4.78, 5) is 0.0249. The molecule has 1 aliphatic heterocycles. The molecule has 1 N–H and O–H groups in total. The first kappa shape index (κ1) is 14.2. The summed E-state index contributed by atoms with van der Waals surface area (Å²) < 4.78 is 41.9. The van der Waals surface area contributed by atoms with Gasteiger partial charge in [-0.05, 0) is 37.6 Å². The zero-order chi connectivity index (χ0) is 15.0. The maximum atomic E-state index is 12.9. The monoisotopic (exact) mass is 310 g/mol. The normalized spacial score (nSPS) is 15.9. The van der Waals surface area contributed by atoms with Crippen molar-refractivity contribution >= 4 is 10.0 Å². The summed E-state index contributed by atoms with van der Waals surface area (Å²) >= 11 is 0. The van der Waals surface area contributed by atoms with Crippen molar-refractivity contribution in [2.24, 2.45) is 0 Å². The molecule has 1 aromatic carbocycles. The van der Waals surface area contributed by atoms with Crippen LogP contribution in [0, 0.1) is 5.82 Å². The van der Waals surface area contributed by atoms with Gasteiger partial charge in [0.2, 0.25) is 10.0 Å². The number of aromatic nitrogens is 3. The predicted octanol–water partition coefficient (Wildman–Crippen LogP) is 1.40. The Labute approximate surface area is 122 Å². The van der Waals surface area contributed by atoms with Crippen LogP contribution in [-0.2, 0) is 23.0 Å².